The van der Waals surface area contributed by atoms with Crippen LogP contribution in [-0.2, 0) is 6.42 Å². The van der Waals surface area contributed by atoms with Crippen molar-refractivity contribution in [1.82, 2.24) is 4.90 Å². The summed E-state index contributed by atoms with van der Waals surface area (Å²) in [5.41, 5.74) is 6.01. The van der Waals surface area contributed by atoms with Crippen molar-refractivity contribution in [1.29, 1.82) is 0 Å². The first-order valence-electron chi connectivity index (χ1n) is 9.53. The number of hydrogen-bond acceptors (Lipinski definition) is 2. The summed E-state index contributed by atoms with van der Waals surface area (Å²) in [6.45, 7) is 2.42. The molecule has 2 aliphatic heterocycles. The van der Waals surface area contributed by atoms with Gasteiger partial charge >= 0.3 is 0 Å². The standard InChI is InChI=1S/C23H22N2/c1-2-10-21-20(9-1)25(21)18-11-13-24(14-12-18)22-15-17-7-3-5-16-6-4-8-19(22)23(16)17/h1-10,18,22H,11-15H2. The zero-order valence-corrected chi connectivity index (χ0v) is 14.4. The average molecular weight is 326 g/mol. The highest BCUT2D eigenvalue weighted by molar-refractivity contribution is 5.93. The second-order valence-corrected chi connectivity index (χ2v) is 7.71. The number of fused-ring (bicyclic) bond motifs is 1. The van der Waals surface area contributed by atoms with E-state index in [1.54, 1.807) is 11.1 Å². The minimum Gasteiger partial charge on any atom is -0.335 e. The van der Waals surface area contributed by atoms with Crippen LogP contribution in [0.2, 0.25) is 0 Å². The van der Waals surface area contributed by atoms with Crippen LogP contribution in [0.1, 0.15) is 30.0 Å². The Hall–Kier alpha value is -2.32. The molecule has 0 amide bonds. The third kappa shape index (κ3) is 2.01. The lowest BCUT2D eigenvalue weighted by Crippen LogP contribution is -2.41. The Morgan fingerprint density at radius 3 is 2.24 bits per heavy atom. The minimum absolute atomic E-state index is 0.582. The Bertz CT molecular complexity index is 940. The van der Waals surface area contributed by atoms with E-state index >= 15 is 0 Å². The van der Waals surface area contributed by atoms with Crippen LogP contribution in [0.5, 0.6) is 0 Å². The van der Waals surface area contributed by atoms with Gasteiger partial charge in [0.05, 0.1) is 11.4 Å². The Kier molecular flexibility index (Phi) is 2.83. The van der Waals surface area contributed by atoms with Crippen LogP contribution in [0.3, 0.4) is 0 Å². The van der Waals surface area contributed by atoms with E-state index in [2.05, 4.69) is 70.5 Å². The topological polar surface area (TPSA) is 6.25 Å². The second-order valence-electron chi connectivity index (χ2n) is 7.71. The average Bonchev–Trinajstić information content (AvgIpc) is 3.29. The summed E-state index contributed by atoms with van der Waals surface area (Å²) < 4.78 is 0. The SMILES string of the molecule is c1ccc2c(c1)N2C1CCN(C2Cc3cccc4cccc2c34)CC1. The van der Waals surface area contributed by atoms with Gasteiger partial charge in [-0.3, -0.25) is 4.90 Å². The van der Waals surface area contributed by atoms with Gasteiger partial charge in [0.15, 0.2) is 0 Å². The Labute approximate surface area is 148 Å². The van der Waals surface area contributed by atoms with Crippen molar-refractivity contribution in [3.8, 4) is 0 Å². The number of rotatable bonds is 2. The molecule has 1 saturated heterocycles. The summed E-state index contributed by atoms with van der Waals surface area (Å²) in [4.78, 5) is 5.29. The second kappa shape index (κ2) is 5.09. The van der Waals surface area contributed by atoms with E-state index in [1.165, 1.54) is 54.5 Å². The molecule has 124 valence electrons. The van der Waals surface area contributed by atoms with Crippen LogP contribution in [0.4, 0.5) is 11.4 Å². The van der Waals surface area contributed by atoms with Gasteiger partial charge in [-0.15, -0.1) is 0 Å². The Balaban J connectivity index is 1.22. The van der Waals surface area contributed by atoms with Crippen molar-refractivity contribution in [2.24, 2.45) is 0 Å². The van der Waals surface area contributed by atoms with Crippen LogP contribution in [0, 0.1) is 0 Å². The van der Waals surface area contributed by atoms with Gasteiger partial charge in [0.1, 0.15) is 0 Å². The maximum absolute atomic E-state index is 2.74. The van der Waals surface area contributed by atoms with E-state index in [0.717, 1.165) is 0 Å². The van der Waals surface area contributed by atoms with Crippen molar-refractivity contribution < 1.29 is 0 Å². The third-order valence-corrected chi connectivity index (χ3v) is 6.45. The molecule has 3 aromatic rings. The summed E-state index contributed by atoms with van der Waals surface area (Å²) in [6.07, 6.45) is 3.74. The highest BCUT2D eigenvalue weighted by Crippen LogP contribution is 2.51. The van der Waals surface area contributed by atoms with E-state index in [0.29, 0.717) is 12.1 Å². The molecule has 1 atom stereocenters. The summed E-state index contributed by atoms with van der Waals surface area (Å²) in [6, 6.07) is 23.8. The number of para-hydroxylation sites is 2. The van der Waals surface area contributed by atoms with E-state index in [-0.39, 0.29) is 0 Å². The van der Waals surface area contributed by atoms with Gasteiger partial charge in [-0.1, -0.05) is 48.5 Å². The number of benzene rings is 3. The van der Waals surface area contributed by atoms with E-state index in [9.17, 15) is 0 Å². The lowest BCUT2D eigenvalue weighted by molar-refractivity contribution is 0.157. The quantitative estimate of drug-likeness (QED) is 0.608. The summed E-state index contributed by atoms with van der Waals surface area (Å²) in [5, 5.41) is 2.93. The van der Waals surface area contributed by atoms with Gasteiger partial charge in [0.2, 0.25) is 0 Å². The molecule has 25 heavy (non-hydrogen) atoms. The fraction of sp³-hybridized carbons (Fsp3) is 0.304. The molecule has 0 bridgehead atoms. The summed E-state index contributed by atoms with van der Waals surface area (Å²) in [5.74, 6) is 0. The maximum atomic E-state index is 2.74. The van der Waals surface area contributed by atoms with Crippen LogP contribution >= 0.6 is 0 Å². The molecular weight excluding hydrogens is 304 g/mol. The molecule has 0 saturated carbocycles. The predicted octanol–water partition coefficient (Wildman–Crippen LogP) is 5.05. The molecule has 2 heteroatoms. The molecule has 2 heterocycles. The third-order valence-electron chi connectivity index (χ3n) is 6.45. The largest absolute Gasteiger partial charge is 0.335 e. The fourth-order valence-electron chi connectivity index (χ4n) is 5.22. The fourth-order valence-corrected chi connectivity index (χ4v) is 5.22. The zero-order chi connectivity index (χ0) is 16.4. The van der Waals surface area contributed by atoms with Crippen LogP contribution in [-0.4, -0.2) is 24.0 Å². The van der Waals surface area contributed by atoms with Crippen molar-refractivity contribution in [3.05, 3.63) is 71.8 Å². The van der Waals surface area contributed by atoms with E-state index in [4.69, 9.17) is 0 Å². The predicted molar refractivity (Wildman–Crippen MR) is 104 cm³/mol. The smallest absolute Gasteiger partial charge is 0.0655 e. The van der Waals surface area contributed by atoms with Crippen molar-refractivity contribution in [3.63, 3.8) is 0 Å². The lowest BCUT2D eigenvalue weighted by atomic mass is 9.99. The van der Waals surface area contributed by atoms with Gasteiger partial charge in [0, 0.05) is 25.2 Å². The van der Waals surface area contributed by atoms with Crippen LogP contribution in [0.15, 0.2) is 60.7 Å². The molecular formula is C23H22N2. The molecule has 1 unspecified atom stereocenters. The van der Waals surface area contributed by atoms with Gasteiger partial charge < -0.3 is 4.90 Å². The monoisotopic (exact) mass is 326 g/mol. The number of anilines is 2. The molecule has 0 spiro atoms. The van der Waals surface area contributed by atoms with Crippen molar-refractivity contribution in [2.75, 3.05) is 18.0 Å². The molecule has 0 radical (unpaired) electrons. The molecule has 6 rings (SSSR count). The maximum Gasteiger partial charge on any atom is 0.0655 e. The number of nitrogens with zero attached hydrogens (tertiary/aromatic N) is 2. The summed E-state index contributed by atoms with van der Waals surface area (Å²) >= 11 is 0. The van der Waals surface area contributed by atoms with Crippen molar-refractivity contribution in [2.45, 2.75) is 31.3 Å². The first-order chi connectivity index (χ1) is 12.4. The van der Waals surface area contributed by atoms with E-state index in [1.807, 2.05) is 0 Å². The first kappa shape index (κ1) is 13.9. The lowest BCUT2D eigenvalue weighted by Gasteiger charge is -2.37. The molecule has 1 aliphatic carbocycles. The minimum atomic E-state index is 0.582. The molecule has 3 aromatic carbocycles. The molecule has 2 nitrogen and oxygen atoms in total. The summed E-state index contributed by atoms with van der Waals surface area (Å²) in [7, 11) is 0. The number of hydrogen-bond donors (Lipinski definition) is 0. The highest BCUT2D eigenvalue weighted by atomic mass is 15.3. The van der Waals surface area contributed by atoms with Crippen molar-refractivity contribution >= 4 is 22.1 Å². The first-order valence-corrected chi connectivity index (χ1v) is 9.53. The van der Waals surface area contributed by atoms with Gasteiger partial charge in [-0.2, -0.15) is 0 Å². The van der Waals surface area contributed by atoms with Gasteiger partial charge in [-0.25, -0.2) is 0 Å². The molecule has 0 aromatic heterocycles. The van der Waals surface area contributed by atoms with Crippen LogP contribution in [0.25, 0.3) is 10.8 Å². The van der Waals surface area contributed by atoms with Crippen LogP contribution < -0.4 is 4.90 Å². The van der Waals surface area contributed by atoms with Gasteiger partial charge in [-0.05, 0) is 53.3 Å². The Morgan fingerprint density at radius 2 is 1.48 bits per heavy atom. The molecule has 0 N–H and O–H groups in total. The zero-order valence-electron chi connectivity index (χ0n) is 14.4. The van der Waals surface area contributed by atoms with Gasteiger partial charge in [0.25, 0.3) is 0 Å². The normalized spacial score (nSPS) is 22.4. The number of likely N-dealkylation sites (tertiary alicyclic amines) is 1. The van der Waals surface area contributed by atoms with E-state index < -0.39 is 0 Å². The highest BCUT2D eigenvalue weighted by Gasteiger charge is 2.38. The Morgan fingerprint density at radius 1 is 0.760 bits per heavy atom. The molecule has 3 aliphatic rings. The molecule has 1 fully saturated rings. The number of piperidine rings is 1.